The monoisotopic (exact) mass is 278 g/mol. The lowest BCUT2D eigenvalue weighted by Crippen LogP contribution is -2.32. The molecule has 1 aromatic carbocycles. The third-order valence-corrected chi connectivity index (χ3v) is 3.25. The summed E-state index contributed by atoms with van der Waals surface area (Å²) in [4.78, 5) is 22.4. The van der Waals surface area contributed by atoms with Crippen molar-refractivity contribution in [3.05, 3.63) is 29.8 Å². The summed E-state index contributed by atoms with van der Waals surface area (Å²) in [5.74, 6) is -0.403. The second kappa shape index (κ2) is 8.19. The zero-order valence-corrected chi connectivity index (χ0v) is 12.0. The van der Waals surface area contributed by atoms with E-state index in [2.05, 4.69) is 24.5 Å². The molecule has 110 valence electrons. The van der Waals surface area contributed by atoms with Gasteiger partial charge in [0.05, 0.1) is 6.42 Å². The van der Waals surface area contributed by atoms with Crippen LogP contribution < -0.4 is 10.6 Å². The molecule has 0 atom stereocenters. The SMILES string of the molecule is CCC(CC)CNC(=O)Nc1cccc(CC(=O)O)c1. The van der Waals surface area contributed by atoms with Crippen molar-refractivity contribution in [2.45, 2.75) is 33.1 Å². The molecule has 0 saturated heterocycles. The maximum Gasteiger partial charge on any atom is 0.319 e. The maximum absolute atomic E-state index is 11.7. The number of carboxylic acid groups (broad SMARTS) is 1. The maximum atomic E-state index is 11.7. The predicted octanol–water partition coefficient (Wildman–Crippen LogP) is 2.87. The third kappa shape index (κ3) is 5.73. The molecule has 0 aliphatic heterocycles. The lowest BCUT2D eigenvalue weighted by molar-refractivity contribution is -0.136. The van der Waals surface area contributed by atoms with Gasteiger partial charge in [0.1, 0.15) is 0 Å². The number of hydrogen-bond acceptors (Lipinski definition) is 2. The smallest absolute Gasteiger partial charge is 0.319 e. The fraction of sp³-hybridized carbons (Fsp3) is 0.467. The average Bonchev–Trinajstić information content (AvgIpc) is 2.39. The summed E-state index contributed by atoms with van der Waals surface area (Å²) in [5.41, 5.74) is 1.26. The molecule has 2 amide bonds. The minimum absolute atomic E-state index is 0.0507. The van der Waals surface area contributed by atoms with Crippen LogP contribution in [-0.4, -0.2) is 23.7 Å². The Hall–Kier alpha value is -2.04. The van der Waals surface area contributed by atoms with Gasteiger partial charge in [0, 0.05) is 12.2 Å². The Morgan fingerprint density at radius 3 is 2.55 bits per heavy atom. The molecular weight excluding hydrogens is 256 g/mol. The van der Waals surface area contributed by atoms with Crippen molar-refractivity contribution in [3.63, 3.8) is 0 Å². The van der Waals surface area contributed by atoms with Crippen LogP contribution in [0.3, 0.4) is 0 Å². The molecule has 5 heteroatoms. The Kier molecular flexibility index (Phi) is 6.56. The van der Waals surface area contributed by atoms with E-state index in [0.29, 0.717) is 23.7 Å². The highest BCUT2D eigenvalue weighted by Crippen LogP contribution is 2.11. The van der Waals surface area contributed by atoms with Gasteiger partial charge in [-0.2, -0.15) is 0 Å². The van der Waals surface area contributed by atoms with Crippen LogP contribution in [0.15, 0.2) is 24.3 Å². The van der Waals surface area contributed by atoms with E-state index in [1.165, 1.54) is 0 Å². The van der Waals surface area contributed by atoms with E-state index in [1.807, 2.05) is 0 Å². The molecule has 0 fully saturated rings. The topological polar surface area (TPSA) is 78.4 Å². The molecule has 0 heterocycles. The summed E-state index contributed by atoms with van der Waals surface area (Å²) in [7, 11) is 0. The van der Waals surface area contributed by atoms with Gasteiger partial charge in [0.25, 0.3) is 0 Å². The summed E-state index contributed by atoms with van der Waals surface area (Å²) in [6.07, 6.45) is 2.01. The molecule has 0 radical (unpaired) electrons. The molecule has 20 heavy (non-hydrogen) atoms. The number of carbonyl (C=O) groups is 2. The van der Waals surface area contributed by atoms with Gasteiger partial charge in [-0.25, -0.2) is 4.79 Å². The molecule has 0 aliphatic rings. The molecular formula is C15H22N2O3. The van der Waals surface area contributed by atoms with Gasteiger partial charge < -0.3 is 15.7 Å². The Bertz CT molecular complexity index is 456. The van der Waals surface area contributed by atoms with Gasteiger partial charge in [-0.3, -0.25) is 4.79 Å². The van der Waals surface area contributed by atoms with Crippen LogP contribution in [0.1, 0.15) is 32.3 Å². The molecule has 0 saturated carbocycles. The van der Waals surface area contributed by atoms with Crippen LogP contribution in [-0.2, 0) is 11.2 Å². The number of nitrogens with one attached hydrogen (secondary N) is 2. The molecule has 0 bridgehead atoms. The highest BCUT2D eigenvalue weighted by molar-refractivity contribution is 5.89. The zero-order chi connectivity index (χ0) is 15.0. The summed E-state index contributed by atoms with van der Waals surface area (Å²) >= 11 is 0. The first-order valence-corrected chi connectivity index (χ1v) is 6.90. The number of carbonyl (C=O) groups excluding carboxylic acids is 1. The number of rotatable bonds is 7. The first-order valence-electron chi connectivity index (χ1n) is 6.90. The largest absolute Gasteiger partial charge is 0.481 e. The number of benzene rings is 1. The van der Waals surface area contributed by atoms with Gasteiger partial charge in [-0.15, -0.1) is 0 Å². The van der Waals surface area contributed by atoms with Gasteiger partial charge >= 0.3 is 12.0 Å². The van der Waals surface area contributed by atoms with Gasteiger partial charge in [-0.05, 0) is 23.6 Å². The normalized spacial score (nSPS) is 10.3. The first-order chi connectivity index (χ1) is 9.55. The van der Waals surface area contributed by atoms with Gasteiger partial charge in [0.2, 0.25) is 0 Å². The summed E-state index contributed by atoms with van der Waals surface area (Å²) in [5, 5.41) is 14.3. The van der Waals surface area contributed by atoms with Gasteiger partial charge in [0.15, 0.2) is 0 Å². The van der Waals surface area contributed by atoms with Crippen LogP contribution >= 0.6 is 0 Å². The van der Waals surface area contributed by atoms with Crippen molar-refractivity contribution in [1.82, 2.24) is 5.32 Å². The molecule has 1 aromatic rings. The molecule has 5 nitrogen and oxygen atoms in total. The minimum atomic E-state index is -0.889. The quantitative estimate of drug-likeness (QED) is 0.717. The molecule has 1 rings (SSSR count). The molecule has 3 N–H and O–H groups in total. The number of carboxylic acids is 1. The van der Waals surface area contributed by atoms with Crippen LogP contribution in [0.4, 0.5) is 10.5 Å². The number of aliphatic carboxylic acids is 1. The average molecular weight is 278 g/mol. The van der Waals surface area contributed by atoms with Crippen molar-refractivity contribution < 1.29 is 14.7 Å². The molecule has 0 unspecified atom stereocenters. The van der Waals surface area contributed by atoms with Crippen LogP contribution in [0, 0.1) is 5.92 Å². The Balaban J connectivity index is 2.51. The van der Waals surface area contributed by atoms with E-state index < -0.39 is 5.97 Å². The van der Waals surface area contributed by atoms with Crippen molar-refractivity contribution in [2.75, 3.05) is 11.9 Å². The van der Waals surface area contributed by atoms with Crippen molar-refractivity contribution >= 4 is 17.7 Å². The van der Waals surface area contributed by atoms with Gasteiger partial charge in [-0.1, -0.05) is 38.8 Å². The van der Waals surface area contributed by atoms with E-state index in [-0.39, 0.29) is 12.5 Å². The van der Waals surface area contributed by atoms with Crippen LogP contribution in [0.5, 0.6) is 0 Å². The summed E-state index contributed by atoms with van der Waals surface area (Å²) in [6.45, 7) is 4.85. The lowest BCUT2D eigenvalue weighted by atomic mass is 10.0. The Labute approximate surface area is 119 Å². The number of hydrogen-bond donors (Lipinski definition) is 3. The molecule has 0 spiro atoms. The van der Waals surface area contributed by atoms with Crippen molar-refractivity contribution in [1.29, 1.82) is 0 Å². The minimum Gasteiger partial charge on any atom is -0.481 e. The summed E-state index contributed by atoms with van der Waals surface area (Å²) < 4.78 is 0. The fourth-order valence-corrected chi connectivity index (χ4v) is 1.92. The molecule has 0 aliphatic carbocycles. The highest BCUT2D eigenvalue weighted by atomic mass is 16.4. The summed E-state index contributed by atoms with van der Waals surface area (Å²) in [6, 6.07) is 6.60. The van der Waals surface area contributed by atoms with Crippen molar-refractivity contribution in [3.8, 4) is 0 Å². The van der Waals surface area contributed by atoms with Crippen molar-refractivity contribution in [2.24, 2.45) is 5.92 Å². The zero-order valence-electron chi connectivity index (χ0n) is 12.0. The highest BCUT2D eigenvalue weighted by Gasteiger charge is 2.07. The van der Waals surface area contributed by atoms with E-state index >= 15 is 0 Å². The number of amides is 2. The second-order valence-electron chi connectivity index (χ2n) is 4.79. The Morgan fingerprint density at radius 2 is 1.95 bits per heavy atom. The number of urea groups is 1. The number of anilines is 1. The standard InChI is InChI=1S/C15H22N2O3/c1-3-11(4-2)10-16-15(20)17-13-7-5-6-12(8-13)9-14(18)19/h5-8,11H,3-4,9-10H2,1-2H3,(H,18,19)(H2,16,17,20). The molecule has 0 aromatic heterocycles. The third-order valence-electron chi connectivity index (χ3n) is 3.25. The Morgan fingerprint density at radius 1 is 1.25 bits per heavy atom. The first kappa shape index (κ1) is 16.0. The fourth-order valence-electron chi connectivity index (χ4n) is 1.92. The lowest BCUT2D eigenvalue weighted by Gasteiger charge is -2.14. The van der Waals surface area contributed by atoms with E-state index in [0.717, 1.165) is 12.8 Å². The second-order valence-corrected chi connectivity index (χ2v) is 4.79. The van der Waals surface area contributed by atoms with Crippen LogP contribution in [0.2, 0.25) is 0 Å². The van der Waals surface area contributed by atoms with E-state index in [4.69, 9.17) is 5.11 Å². The van der Waals surface area contributed by atoms with E-state index in [1.54, 1.807) is 24.3 Å². The van der Waals surface area contributed by atoms with E-state index in [9.17, 15) is 9.59 Å². The predicted molar refractivity (Wildman–Crippen MR) is 78.9 cm³/mol. The van der Waals surface area contributed by atoms with Crippen LogP contribution in [0.25, 0.3) is 0 Å².